The molecule has 0 unspecified atom stereocenters. The third-order valence-corrected chi connectivity index (χ3v) is 4.89. The van der Waals surface area contributed by atoms with Gasteiger partial charge in [-0.2, -0.15) is 0 Å². The third kappa shape index (κ3) is 3.35. The number of nitrogens with two attached hydrogens (primary N) is 1. The van der Waals surface area contributed by atoms with Crippen molar-refractivity contribution in [3.8, 4) is 10.6 Å². The molecule has 0 aliphatic rings. The van der Waals surface area contributed by atoms with E-state index in [0.29, 0.717) is 5.13 Å². The number of rotatable bonds is 4. The summed E-state index contributed by atoms with van der Waals surface area (Å²) in [6, 6.07) is 11.7. The van der Waals surface area contributed by atoms with Gasteiger partial charge in [-0.15, -0.1) is 22.7 Å². The average Bonchev–Trinajstić information content (AvgIpc) is 3.11. The molecule has 2 heterocycles. The Labute approximate surface area is 136 Å². The van der Waals surface area contributed by atoms with Gasteiger partial charge < -0.3 is 11.1 Å². The van der Waals surface area contributed by atoms with E-state index in [-0.39, 0.29) is 12.3 Å². The fourth-order valence-electron chi connectivity index (χ4n) is 2.08. The highest BCUT2D eigenvalue weighted by Crippen LogP contribution is 2.33. The van der Waals surface area contributed by atoms with E-state index in [1.165, 1.54) is 11.3 Å². The maximum Gasteiger partial charge on any atom is 0.229 e. The lowest BCUT2D eigenvalue weighted by molar-refractivity contribution is -0.115. The van der Waals surface area contributed by atoms with Crippen LogP contribution in [-0.4, -0.2) is 10.9 Å². The largest absolute Gasteiger partial charge is 0.375 e. The fourth-order valence-corrected chi connectivity index (χ4v) is 3.73. The van der Waals surface area contributed by atoms with Crippen molar-refractivity contribution in [3.05, 3.63) is 52.2 Å². The molecule has 0 saturated heterocycles. The molecule has 22 heavy (non-hydrogen) atoms. The Bertz CT molecular complexity index is 776. The van der Waals surface area contributed by atoms with Crippen LogP contribution in [0, 0.1) is 6.92 Å². The minimum absolute atomic E-state index is 0.0645. The summed E-state index contributed by atoms with van der Waals surface area (Å²) in [5, 5.41) is 5.38. The minimum Gasteiger partial charge on any atom is -0.375 e. The van der Waals surface area contributed by atoms with Crippen molar-refractivity contribution in [2.45, 2.75) is 13.3 Å². The summed E-state index contributed by atoms with van der Waals surface area (Å²) in [6.45, 7) is 2.01. The predicted molar refractivity (Wildman–Crippen MR) is 93.4 cm³/mol. The molecular weight excluding hydrogens is 314 g/mol. The molecule has 0 atom stereocenters. The first-order valence-electron chi connectivity index (χ1n) is 6.77. The first-order valence-corrected chi connectivity index (χ1v) is 8.47. The molecule has 0 aliphatic carbocycles. The number of benzene rings is 1. The second-order valence-corrected chi connectivity index (χ2v) is 6.96. The van der Waals surface area contributed by atoms with Crippen LogP contribution in [0.5, 0.6) is 0 Å². The van der Waals surface area contributed by atoms with Gasteiger partial charge in [0, 0.05) is 10.6 Å². The highest BCUT2D eigenvalue weighted by molar-refractivity contribution is 7.17. The summed E-state index contributed by atoms with van der Waals surface area (Å²) in [4.78, 5) is 18.5. The van der Waals surface area contributed by atoms with Gasteiger partial charge >= 0.3 is 0 Å². The lowest BCUT2D eigenvalue weighted by Crippen LogP contribution is -2.14. The molecular formula is C16H15N3OS2. The quantitative estimate of drug-likeness (QED) is 0.761. The number of nitrogens with zero attached hydrogens (tertiary/aromatic N) is 1. The molecule has 3 N–H and O–H groups in total. The smallest absolute Gasteiger partial charge is 0.229 e. The van der Waals surface area contributed by atoms with Crippen LogP contribution < -0.4 is 11.1 Å². The van der Waals surface area contributed by atoms with E-state index in [2.05, 4.69) is 10.3 Å². The van der Waals surface area contributed by atoms with Gasteiger partial charge in [0.1, 0.15) is 0 Å². The van der Waals surface area contributed by atoms with Gasteiger partial charge in [0.05, 0.1) is 17.0 Å². The number of nitrogen functional groups attached to an aromatic ring is 1. The van der Waals surface area contributed by atoms with E-state index in [0.717, 1.165) is 26.7 Å². The van der Waals surface area contributed by atoms with Crippen molar-refractivity contribution in [1.82, 2.24) is 4.98 Å². The lowest BCUT2D eigenvalue weighted by atomic mass is 10.2. The number of hydrogen-bond acceptors (Lipinski definition) is 5. The molecule has 2 aromatic heterocycles. The SMILES string of the molecule is Cc1ccc(NC(=O)Cc2sc(N)nc2-c2cccs2)cc1. The Hall–Kier alpha value is -2.18. The fraction of sp³-hybridized carbons (Fsp3) is 0.125. The van der Waals surface area contributed by atoms with Crippen molar-refractivity contribution in [1.29, 1.82) is 0 Å². The molecule has 4 nitrogen and oxygen atoms in total. The molecule has 0 fully saturated rings. The second-order valence-electron chi connectivity index (χ2n) is 4.89. The van der Waals surface area contributed by atoms with Crippen LogP contribution in [0.1, 0.15) is 10.4 Å². The van der Waals surface area contributed by atoms with Gasteiger partial charge in [0.25, 0.3) is 0 Å². The zero-order chi connectivity index (χ0) is 15.5. The van der Waals surface area contributed by atoms with Crippen molar-refractivity contribution in [2.75, 3.05) is 11.1 Å². The minimum atomic E-state index is -0.0645. The van der Waals surface area contributed by atoms with Gasteiger partial charge in [-0.1, -0.05) is 23.8 Å². The highest BCUT2D eigenvalue weighted by Gasteiger charge is 2.16. The van der Waals surface area contributed by atoms with Crippen LogP contribution in [0.2, 0.25) is 0 Å². The Balaban J connectivity index is 1.75. The van der Waals surface area contributed by atoms with E-state index in [1.807, 2.05) is 48.7 Å². The van der Waals surface area contributed by atoms with E-state index >= 15 is 0 Å². The monoisotopic (exact) mass is 329 g/mol. The Kier molecular flexibility index (Phi) is 4.22. The number of carbonyl (C=O) groups excluding carboxylic acids is 1. The van der Waals surface area contributed by atoms with Crippen LogP contribution in [0.25, 0.3) is 10.6 Å². The van der Waals surface area contributed by atoms with Crippen LogP contribution in [0.4, 0.5) is 10.8 Å². The number of aryl methyl sites for hydroxylation is 1. The van der Waals surface area contributed by atoms with Gasteiger partial charge in [-0.05, 0) is 30.5 Å². The number of hydrogen-bond donors (Lipinski definition) is 2. The molecule has 0 spiro atoms. The molecule has 0 aliphatic heterocycles. The zero-order valence-corrected chi connectivity index (χ0v) is 13.6. The predicted octanol–water partition coefficient (Wildman–Crippen LogP) is 3.94. The summed E-state index contributed by atoms with van der Waals surface area (Å²) < 4.78 is 0. The summed E-state index contributed by atoms with van der Waals surface area (Å²) >= 11 is 2.96. The molecule has 0 radical (unpaired) electrons. The van der Waals surface area contributed by atoms with Crippen LogP contribution in [-0.2, 0) is 11.2 Å². The van der Waals surface area contributed by atoms with Crippen LogP contribution >= 0.6 is 22.7 Å². The number of carbonyl (C=O) groups is 1. The zero-order valence-electron chi connectivity index (χ0n) is 12.0. The van der Waals surface area contributed by atoms with Gasteiger partial charge in [-0.25, -0.2) is 4.98 Å². The normalized spacial score (nSPS) is 10.6. The molecule has 3 rings (SSSR count). The first-order chi connectivity index (χ1) is 10.6. The molecule has 0 bridgehead atoms. The van der Waals surface area contributed by atoms with Crippen LogP contribution in [0.15, 0.2) is 41.8 Å². The van der Waals surface area contributed by atoms with E-state index in [1.54, 1.807) is 11.3 Å². The molecule has 112 valence electrons. The summed E-state index contributed by atoms with van der Waals surface area (Å²) in [5.41, 5.74) is 8.58. The van der Waals surface area contributed by atoms with Crippen molar-refractivity contribution < 1.29 is 4.79 Å². The number of amides is 1. The standard InChI is InChI=1S/C16H15N3OS2/c1-10-4-6-11(7-5-10)18-14(20)9-13-15(19-16(17)22-13)12-3-2-8-21-12/h2-8H,9H2,1H3,(H2,17,19)(H,18,20). The molecule has 1 aromatic carbocycles. The summed E-state index contributed by atoms with van der Waals surface area (Å²) in [7, 11) is 0. The lowest BCUT2D eigenvalue weighted by Gasteiger charge is -2.05. The summed E-state index contributed by atoms with van der Waals surface area (Å²) in [6.07, 6.45) is 0.274. The van der Waals surface area contributed by atoms with E-state index in [9.17, 15) is 4.79 Å². The van der Waals surface area contributed by atoms with Crippen LogP contribution in [0.3, 0.4) is 0 Å². The Morgan fingerprint density at radius 3 is 2.73 bits per heavy atom. The first kappa shape index (κ1) is 14.7. The number of thiophene rings is 1. The number of nitrogens with one attached hydrogen (secondary N) is 1. The van der Waals surface area contributed by atoms with Crippen molar-refractivity contribution in [2.24, 2.45) is 0 Å². The Morgan fingerprint density at radius 2 is 2.05 bits per heavy atom. The maximum atomic E-state index is 12.2. The average molecular weight is 329 g/mol. The molecule has 0 saturated carbocycles. The summed E-state index contributed by atoms with van der Waals surface area (Å²) in [5.74, 6) is -0.0645. The molecule has 1 amide bonds. The van der Waals surface area contributed by atoms with Crippen molar-refractivity contribution >= 4 is 39.4 Å². The van der Waals surface area contributed by atoms with E-state index < -0.39 is 0 Å². The topological polar surface area (TPSA) is 68.0 Å². The molecule has 6 heteroatoms. The number of anilines is 2. The molecule has 3 aromatic rings. The Morgan fingerprint density at radius 1 is 1.27 bits per heavy atom. The number of aromatic nitrogens is 1. The van der Waals surface area contributed by atoms with Gasteiger partial charge in [-0.3, -0.25) is 4.79 Å². The van der Waals surface area contributed by atoms with Gasteiger partial charge in [0.15, 0.2) is 5.13 Å². The second kappa shape index (κ2) is 6.29. The van der Waals surface area contributed by atoms with Crippen molar-refractivity contribution in [3.63, 3.8) is 0 Å². The third-order valence-electron chi connectivity index (χ3n) is 3.12. The number of thiazole rings is 1. The highest BCUT2D eigenvalue weighted by atomic mass is 32.1. The van der Waals surface area contributed by atoms with E-state index in [4.69, 9.17) is 5.73 Å². The van der Waals surface area contributed by atoms with Gasteiger partial charge in [0.2, 0.25) is 5.91 Å². The maximum absolute atomic E-state index is 12.2.